The average molecular weight is 286 g/mol. The fraction of sp³-hybridized carbons (Fsp3) is 0.857. The second-order valence-electron chi connectivity index (χ2n) is 6.23. The van der Waals surface area contributed by atoms with Gasteiger partial charge in [-0.1, -0.05) is 0 Å². The SMILES string of the molecule is COC1CCCC1NC(=O)N(CCC(=O)O)C(C)(C)C. The van der Waals surface area contributed by atoms with Crippen LogP contribution in [0.1, 0.15) is 46.5 Å². The molecule has 1 aliphatic rings. The van der Waals surface area contributed by atoms with Crippen LogP contribution in [0.2, 0.25) is 0 Å². The van der Waals surface area contributed by atoms with Crippen molar-refractivity contribution in [1.82, 2.24) is 10.2 Å². The molecule has 0 spiro atoms. The van der Waals surface area contributed by atoms with E-state index in [0.717, 1.165) is 19.3 Å². The predicted molar refractivity (Wildman–Crippen MR) is 75.7 cm³/mol. The number of hydrogen-bond acceptors (Lipinski definition) is 3. The van der Waals surface area contributed by atoms with Crippen LogP contribution in [-0.4, -0.2) is 53.3 Å². The molecule has 6 heteroatoms. The lowest BCUT2D eigenvalue weighted by molar-refractivity contribution is -0.137. The van der Waals surface area contributed by atoms with Crippen LogP contribution >= 0.6 is 0 Å². The first kappa shape index (κ1) is 16.8. The van der Waals surface area contributed by atoms with E-state index in [-0.39, 0.29) is 31.1 Å². The summed E-state index contributed by atoms with van der Waals surface area (Å²) in [6, 6.07) is -0.199. The van der Waals surface area contributed by atoms with Crippen molar-refractivity contribution >= 4 is 12.0 Å². The van der Waals surface area contributed by atoms with E-state index in [2.05, 4.69) is 5.32 Å². The summed E-state index contributed by atoms with van der Waals surface area (Å²) >= 11 is 0. The summed E-state index contributed by atoms with van der Waals surface area (Å²) in [6.45, 7) is 5.90. The smallest absolute Gasteiger partial charge is 0.318 e. The van der Waals surface area contributed by atoms with Gasteiger partial charge < -0.3 is 20.1 Å². The number of carboxylic acid groups (broad SMARTS) is 1. The van der Waals surface area contributed by atoms with Gasteiger partial charge in [0.1, 0.15) is 0 Å². The van der Waals surface area contributed by atoms with E-state index in [4.69, 9.17) is 9.84 Å². The van der Waals surface area contributed by atoms with Crippen LogP contribution in [0.3, 0.4) is 0 Å². The maximum absolute atomic E-state index is 12.4. The zero-order chi connectivity index (χ0) is 15.3. The molecule has 6 nitrogen and oxygen atoms in total. The van der Waals surface area contributed by atoms with Crippen LogP contribution in [0.4, 0.5) is 4.79 Å². The lowest BCUT2D eigenvalue weighted by atomic mass is 10.1. The number of urea groups is 1. The fourth-order valence-electron chi connectivity index (χ4n) is 2.56. The Bertz CT molecular complexity index is 352. The number of hydrogen-bond donors (Lipinski definition) is 2. The average Bonchev–Trinajstić information content (AvgIpc) is 2.74. The van der Waals surface area contributed by atoms with E-state index in [0.29, 0.717) is 0 Å². The minimum absolute atomic E-state index is 0.0159. The van der Waals surface area contributed by atoms with Gasteiger partial charge in [0.05, 0.1) is 18.6 Å². The standard InChI is InChI=1S/C14H26N2O4/c1-14(2,3)16(9-8-12(17)18)13(19)15-10-6-5-7-11(10)20-4/h10-11H,5-9H2,1-4H3,(H,15,19)(H,17,18). The van der Waals surface area contributed by atoms with Gasteiger partial charge in [0.25, 0.3) is 0 Å². The Hall–Kier alpha value is -1.30. The molecule has 1 aliphatic carbocycles. The third-order valence-electron chi connectivity index (χ3n) is 3.67. The highest BCUT2D eigenvalue weighted by molar-refractivity contribution is 5.76. The van der Waals surface area contributed by atoms with Gasteiger partial charge in [-0.3, -0.25) is 4.79 Å². The van der Waals surface area contributed by atoms with Crippen molar-refractivity contribution < 1.29 is 19.4 Å². The predicted octanol–water partition coefficient (Wildman–Crippen LogP) is 1.84. The normalized spacial score (nSPS) is 22.6. The maximum Gasteiger partial charge on any atom is 0.318 e. The number of rotatable bonds is 5. The first-order valence-corrected chi connectivity index (χ1v) is 7.08. The second kappa shape index (κ2) is 6.92. The van der Waals surface area contributed by atoms with Crippen molar-refractivity contribution in [2.75, 3.05) is 13.7 Å². The molecule has 2 atom stereocenters. The maximum atomic E-state index is 12.4. The number of methoxy groups -OCH3 is 1. The summed E-state index contributed by atoms with van der Waals surface area (Å²) < 4.78 is 5.36. The molecule has 0 bridgehead atoms. The highest BCUT2D eigenvalue weighted by Crippen LogP contribution is 2.22. The molecule has 0 aromatic rings. The minimum atomic E-state index is -0.900. The topological polar surface area (TPSA) is 78.9 Å². The van der Waals surface area contributed by atoms with Crippen molar-refractivity contribution in [2.24, 2.45) is 0 Å². The number of carbonyl (C=O) groups excluding carboxylic acids is 1. The molecule has 0 aliphatic heterocycles. The monoisotopic (exact) mass is 286 g/mol. The largest absolute Gasteiger partial charge is 0.481 e. The van der Waals surface area contributed by atoms with Crippen molar-refractivity contribution in [3.05, 3.63) is 0 Å². The summed E-state index contributed by atoms with van der Waals surface area (Å²) in [5.41, 5.74) is -0.416. The molecular formula is C14H26N2O4. The Morgan fingerprint density at radius 2 is 2.00 bits per heavy atom. The summed E-state index contributed by atoms with van der Waals surface area (Å²) in [4.78, 5) is 24.7. The fourth-order valence-corrected chi connectivity index (χ4v) is 2.56. The van der Waals surface area contributed by atoms with Crippen LogP contribution in [-0.2, 0) is 9.53 Å². The van der Waals surface area contributed by atoms with Crippen LogP contribution in [0.5, 0.6) is 0 Å². The Balaban J connectivity index is 2.65. The van der Waals surface area contributed by atoms with Gasteiger partial charge in [0.15, 0.2) is 0 Å². The Kier molecular flexibility index (Phi) is 5.80. The molecule has 1 rings (SSSR count). The van der Waals surface area contributed by atoms with Crippen LogP contribution in [0.15, 0.2) is 0 Å². The molecule has 2 amide bonds. The minimum Gasteiger partial charge on any atom is -0.481 e. The second-order valence-corrected chi connectivity index (χ2v) is 6.23. The highest BCUT2D eigenvalue weighted by atomic mass is 16.5. The first-order chi connectivity index (χ1) is 9.25. The molecule has 0 saturated heterocycles. The quantitative estimate of drug-likeness (QED) is 0.808. The summed E-state index contributed by atoms with van der Waals surface area (Å²) in [7, 11) is 1.65. The van der Waals surface area contributed by atoms with E-state index in [1.807, 2.05) is 20.8 Å². The summed E-state index contributed by atoms with van der Waals surface area (Å²) in [6.07, 6.45) is 2.89. The number of carbonyl (C=O) groups is 2. The van der Waals surface area contributed by atoms with Crippen molar-refractivity contribution in [3.8, 4) is 0 Å². The summed E-state index contributed by atoms with van der Waals surface area (Å²) in [5, 5.41) is 11.8. The van der Waals surface area contributed by atoms with Crippen LogP contribution in [0, 0.1) is 0 Å². The number of amides is 2. The van der Waals surface area contributed by atoms with Gasteiger partial charge in [0, 0.05) is 19.2 Å². The van der Waals surface area contributed by atoms with E-state index < -0.39 is 11.5 Å². The first-order valence-electron chi connectivity index (χ1n) is 7.08. The molecule has 2 N–H and O–H groups in total. The van der Waals surface area contributed by atoms with Gasteiger partial charge in [-0.05, 0) is 40.0 Å². The number of nitrogens with zero attached hydrogens (tertiary/aromatic N) is 1. The van der Waals surface area contributed by atoms with E-state index in [1.54, 1.807) is 12.0 Å². The van der Waals surface area contributed by atoms with Crippen molar-refractivity contribution in [3.63, 3.8) is 0 Å². The lowest BCUT2D eigenvalue weighted by Gasteiger charge is -2.36. The third kappa shape index (κ3) is 4.67. The van der Waals surface area contributed by atoms with Crippen LogP contribution in [0.25, 0.3) is 0 Å². The molecule has 20 heavy (non-hydrogen) atoms. The summed E-state index contributed by atoms with van der Waals surface area (Å²) in [5.74, 6) is -0.900. The number of aliphatic carboxylic acids is 1. The van der Waals surface area contributed by atoms with Gasteiger partial charge in [-0.2, -0.15) is 0 Å². The molecule has 0 radical (unpaired) electrons. The highest BCUT2D eigenvalue weighted by Gasteiger charge is 2.33. The zero-order valence-electron chi connectivity index (χ0n) is 12.8. The molecular weight excluding hydrogens is 260 g/mol. The Labute approximate surface area is 120 Å². The van der Waals surface area contributed by atoms with Crippen LogP contribution < -0.4 is 5.32 Å². The van der Waals surface area contributed by atoms with Crippen molar-refractivity contribution in [2.45, 2.75) is 64.1 Å². The van der Waals surface area contributed by atoms with Gasteiger partial charge in [-0.25, -0.2) is 4.79 Å². The Morgan fingerprint density at radius 1 is 1.35 bits per heavy atom. The van der Waals surface area contributed by atoms with Crippen molar-refractivity contribution in [1.29, 1.82) is 0 Å². The molecule has 0 heterocycles. The number of carboxylic acids is 1. The Morgan fingerprint density at radius 3 is 2.50 bits per heavy atom. The molecule has 2 unspecified atom stereocenters. The van der Waals surface area contributed by atoms with E-state index in [1.165, 1.54) is 0 Å². The van der Waals surface area contributed by atoms with Gasteiger partial charge >= 0.3 is 12.0 Å². The molecule has 0 aromatic carbocycles. The lowest BCUT2D eigenvalue weighted by Crippen LogP contribution is -2.54. The van der Waals surface area contributed by atoms with E-state index in [9.17, 15) is 9.59 Å². The van der Waals surface area contributed by atoms with E-state index >= 15 is 0 Å². The van der Waals surface area contributed by atoms with Gasteiger partial charge in [-0.15, -0.1) is 0 Å². The zero-order valence-corrected chi connectivity index (χ0v) is 12.8. The molecule has 116 valence electrons. The molecule has 0 aromatic heterocycles. The van der Waals surface area contributed by atoms with Gasteiger partial charge in [0.2, 0.25) is 0 Å². The number of nitrogens with one attached hydrogen (secondary N) is 1. The number of ether oxygens (including phenoxy) is 1. The molecule has 1 saturated carbocycles. The third-order valence-corrected chi connectivity index (χ3v) is 3.67. The molecule has 1 fully saturated rings.